The Bertz CT molecular complexity index is 537. The van der Waals surface area contributed by atoms with E-state index >= 15 is 0 Å². The van der Waals surface area contributed by atoms with Crippen molar-refractivity contribution >= 4 is 11.8 Å². The molecule has 0 heterocycles. The highest BCUT2D eigenvalue weighted by molar-refractivity contribution is 8.01. The molecule has 0 aliphatic rings. The molecular weight excluding hydrogens is 470 g/mol. The van der Waals surface area contributed by atoms with Gasteiger partial charge in [0.15, 0.2) is 0 Å². The highest BCUT2D eigenvalue weighted by atomic mass is 32.2. The molecule has 0 atom stereocenters. The molecule has 0 fully saturated rings. The van der Waals surface area contributed by atoms with Crippen LogP contribution in [0.5, 0.6) is 0 Å². The third kappa shape index (κ3) is 3.83. The summed E-state index contributed by atoms with van der Waals surface area (Å²) in [7, 11) is 0. The molecule has 0 unspecified atom stereocenters. The van der Waals surface area contributed by atoms with Crippen LogP contribution in [0.25, 0.3) is 0 Å². The molecule has 0 radical (unpaired) electrons. The van der Waals surface area contributed by atoms with Gasteiger partial charge in [0.05, 0.1) is 0 Å². The van der Waals surface area contributed by atoms with Crippen LogP contribution in [0.15, 0.2) is 0 Å². The van der Waals surface area contributed by atoms with Crippen LogP contribution in [0.2, 0.25) is 0 Å². The summed E-state index contributed by atoms with van der Waals surface area (Å²) < 4.78 is 222. The van der Waals surface area contributed by atoms with Crippen LogP contribution in [0, 0.1) is 0 Å². The van der Waals surface area contributed by atoms with Crippen molar-refractivity contribution in [3.05, 3.63) is 0 Å². The summed E-state index contributed by atoms with van der Waals surface area (Å²) in [5.74, 6) is -33.2. The molecule has 19 heteroatoms. The second kappa shape index (κ2) is 6.30. The summed E-state index contributed by atoms with van der Waals surface area (Å²) in [5.41, 5.74) is 0. The van der Waals surface area contributed by atoms with Gasteiger partial charge >= 0.3 is 46.6 Å². The first-order valence-electron chi connectivity index (χ1n) is 5.31. The molecule has 0 aromatic heterocycles. The largest absolute Gasteiger partial charge is 0.464 e. The average molecular weight is 470 g/mol. The molecule has 0 amide bonds. The SMILES string of the molecule is FC(F)(F)C(F)(F)SC(F)(F)C(F)(F)C(F)(F)C(F)(F)C(F)(F)C(F)(F)F. The lowest BCUT2D eigenvalue weighted by atomic mass is 9.98. The second-order valence-corrected chi connectivity index (χ2v) is 5.66. The van der Waals surface area contributed by atoms with Crippen molar-refractivity contribution in [1.29, 1.82) is 0 Å². The van der Waals surface area contributed by atoms with E-state index in [0.717, 1.165) is 0 Å². The van der Waals surface area contributed by atoms with Crippen molar-refractivity contribution in [2.24, 2.45) is 0 Å². The molecular formula is C8F18S. The lowest BCUT2D eigenvalue weighted by Gasteiger charge is -2.40. The highest BCUT2D eigenvalue weighted by Gasteiger charge is 2.91. The number of hydrogen-bond donors (Lipinski definition) is 0. The van der Waals surface area contributed by atoms with Gasteiger partial charge < -0.3 is 0 Å². The Morgan fingerprint density at radius 3 is 0.852 bits per heavy atom. The highest BCUT2D eigenvalue weighted by Crippen LogP contribution is 2.64. The standard InChI is InChI=1S/C8F18S/c9-1(10,3(13,14)5(17,18)19)2(11,12)4(15,16)7(23,24)27-8(25,26)6(20,21)22. The third-order valence-electron chi connectivity index (χ3n) is 2.49. The first kappa shape index (κ1) is 26.1. The Kier molecular flexibility index (Phi) is 6.08. The summed E-state index contributed by atoms with van der Waals surface area (Å²) in [6.07, 6.45) is -14.9. The van der Waals surface area contributed by atoms with Gasteiger partial charge in [-0.2, -0.15) is 79.0 Å². The molecule has 0 saturated heterocycles. The smallest absolute Gasteiger partial charge is 0.192 e. The van der Waals surface area contributed by atoms with Crippen molar-refractivity contribution in [2.75, 3.05) is 0 Å². The molecule has 0 rings (SSSR count). The van der Waals surface area contributed by atoms with Gasteiger partial charge in [0.25, 0.3) is 0 Å². The van der Waals surface area contributed by atoms with E-state index in [1.807, 2.05) is 0 Å². The van der Waals surface area contributed by atoms with Crippen LogP contribution in [0.1, 0.15) is 0 Å². The van der Waals surface area contributed by atoms with Gasteiger partial charge in [0, 0.05) is 11.8 Å². The summed E-state index contributed by atoms with van der Waals surface area (Å²) in [6, 6.07) is 0. The van der Waals surface area contributed by atoms with E-state index < -0.39 is 58.3 Å². The fraction of sp³-hybridized carbons (Fsp3) is 1.00. The van der Waals surface area contributed by atoms with E-state index in [2.05, 4.69) is 0 Å². The summed E-state index contributed by atoms with van der Waals surface area (Å²) in [6.45, 7) is 0. The Hall–Kier alpha value is -0.910. The molecule has 164 valence electrons. The number of hydrogen-bond acceptors (Lipinski definition) is 1. The zero-order chi connectivity index (χ0) is 22.7. The van der Waals surface area contributed by atoms with Gasteiger partial charge in [-0.1, -0.05) is 0 Å². The van der Waals surface area contributed by atoms with Gasteiger partial charge in [-0.15, -0.1) is 0 Å². The topological polar surface area (TPSA) is 0 Å². The van der Waals surface area contributed by atoms with Crippen molar-refractivity contribution < 1.29 is 79.0 Å². The first-order valence-corrected chi connectivity index (χ1v) is 6.13. The van der Waals surface area contributed by atoms with Crippen molar-refractivity contribution in [3.63, 3.8) is 0 Å². The molecule has 0 aliphatic heterocycles. The lowest BCUT2D eigenvalue weighted by molar-refractivity contribution is -0.433. The van der Waals surface area contributed by atoms with Gasteiger partial charge in [-0.3, -0.25) is 0 Å². The predicted molar refractivity (Wildman–Crippen MR) is 49.4 cm³/mol. The van der Waals surface area contributed by atoms with Crippen LogP contribution >= 0.6 is 11.8 Å². The minimum Gasteiger partial charge on any atom is -0.192 e. The zero-order valence-corrected chi connectivity index (χ0v) is 12.0. The molecule has 0 nitrogen and oxygen atoms in total. The fourth-order valence-electron chi connectivity index (χ4n) is 1.04. The van der Waals surface area contributed by atoms with Crippen molar-refractivity contribution in [3.8, 4) is 0 Å². The molecule has 0 aromatic rings. The minimum atomic E-state index is -8.45. The van der Waals surface area contributed by atoms with Crippen molar-refractivity contribution in [1.82, 2.24) is 0 Å². The summed E-state index contributed by atoms with van der Waals surface area (Å²) in [5, 5.41) is -14.6. The fourth-order valence-corrected chi connectivity index (χ4v) is 1.73. The number of alkyl halides is 18. The van der Waals surface area contributed by atoms with E-state index in [4.69, 9.17) is 0 Å². The van der Waals surface area contributed by atoms with E-state index in [0.29, 0.717) is 0 Å². The Morgan fingerprint density at radius 2 is 0.593 bits per heavy atom. The number of thioether (sulfide) groups is 1. The molecule has 0 N–H and O–H groups in total. The van der Waals surface area contributed by atoms with Gasteiger partial charge in [0.2, 0.25) is 0 Å². The quantitative estimate of drug-likeness (QED) is 0.396. The van der Waals surface area contributed by atoms with E-state index in [1.54, 1.807) is 0 Å². The summed E-state index contributed by atoms with van der Waals surface area (Å²) >= 11 is -3.70. The van der Waals surface area contributed by atoms with Gasteiger partial charge in [0.1, 0.15) is 0 Å². The zero-order valence-electron chi connectivity index (χ0n) is 11.2. The average Bonchev–Trinajstić information content (AvgIpc) is 2.33. The predicted octanol–water partition coefficient (Wildman–Crippen LogP) is 6.57. The minimum absolute atomic E-state index is 3.70. The Labute approximate surface area is 138 Å². The lowest BCUT2D eigenvalue weighted by Crippen LogP contribution is -2.69. The first-order chi connectivity index (χ1) is 11.2. The molecule has 0 aliphatic carbocycles. The van der Waals surface area contributed by atoms with Crippen LogP contribution in [-0.4, -0.2) is 46.6 Å². The van der Waals surface area contributed by atoms with Crippen molar-refractivity contribution in [2.45, 2.75) is 46.6 Å². The monoisotopic (exact) mass is 470 g/mol. The van der Waals surface area contributed by atoms with E-state index in [1.165, 1.54) is 0 Å². The Morgan fingerprint density at radius 1 is 0.296 bits per heavy atom. The van der Waals surface area contributed by atoms with E-state index in [9.17, 15) is 79.0 Å². The van der Waals surface area contributed by atoms with E-state index in [-0.39, 0.29) is 0 Å². The van der Waals surface area contributed by atoms with Gasteiger partial charge in [-0.05, 0) is 0 Å². The van der Waals surface area contributed by atoms with Crippen LogP contribution in [0.3, 0.4) is 0 Å². The molecule has 0 spiro atoms. The van der Waals surface area contributed by atoms with Crippen LogP contribution in [-0.2, 0) is 0 Å². The summed E-state index contributed by atoms with van der Waals surface area (Å²) in [4.78, 5) is 0. The number of halogens is 18. The maximum atomic E-state index is 12.9. The number of rotatable bonds is 6. The maximum absolute atomic E-state index is 12.9. The maximum Gasteiger partial charge on any atom is 0.464 e. The van der Waals surface area contributed by atoms with Gasteiger partial charge in [-0.25, -0.2) is 0 Å². The third-order valence-corrected chi connectivity index (χ3v) is 3.49. The Balaban J connectivity index is 6.32. The van der Waals surface area contributed by atoms with Crippen LogP contribution in [0.4, 0.5) is 79.0 Å². The molecule has 0 saturated carbocycles. The second-order valence-electron chi connectivity index (χ2n) is 4.43. The molecule has 0 bridgehead atoms. The molecule has 27 heavy (non-hydrogen) atoms. The molecule has 0 aromatic carbocycles. The van der Waals surface area contributed by atoms with Crippen LogP contribution < -0.4 is 0 Å². The normalized spacial score (nSPS) is 16.7.